The Bertz CT molecular complexity index is 3490. The monoisotopic (exact) mass is 835 g/mol. The summed E-state index contributed by atoms with van der Waals surface area (Å²) in [6.07, 6.45) is 0. The van der Waals surface area contributed by atoms with Crippen LogP contribution in [-0.2, 0) is 0 Å². The number of benzene rings is 10. The summed E-state index contributed by atoms with van der Waals surface area (Å²) in [4.78, 5) is 2.35. The zero-order chi connectivity index (χ0) is 42.5. The molecule has 12 rings (SSSR count). The number of hydrogen-bond acceptors (Lipinski definition) is 3. The average Bonchev–Trinajstić information content (AvgIpc) is 3.95. The van der Waals surface area contributed by atoms with Crippen LogP contribution in [0, 0.1) is 0 Å². The third-order valence-corrected chi connectivity index (χ3v) is 17.6. The summed E-state index contributed by atoms with van der Waals surface area (Å²) in [6.45, 7) is 0. The second kappa shape index (κ2) is 15.6. The van der Waals surface area contributed by atoms with Gasteiger partial charge in [0.2, 0.25) is 0 Å². The van der Waals surface area contributed by atoms with Crippen molar-refractivity contribution in [2.24, 2.45) is 0 Å². The van der Waals surface area contributed by atoms with E-state index in [9.17, 15) is 0 Å². The second-order valence-corrected chi connectivity index (χ2v) is 20.2. The van der Waals surface area contributed by atoms with E-state index in [-0.39, 0.29) is 0 Å². The lowest BCUT2D eigenvalue weighted by molar-refractivity contribution is 0.669. The van der Waals surface area contributed by atoms with Crippen LogP contribution < -0.4 is 25.6 Å². The molecule has 4 heteroatoms. The van der Waals surface area contributed by atoms with Gasteiger partial charge in [0.15, 0.2) is 8.07 Å². The van der Waals surface area contributed by atoms with Gasteiger partial charge in [-0.1, -0.05) is 194 Å². The molecule has 0 amide bonds. The lowest BCUT2D eigenvalue weighted by Gasteiger charge is -2.34. The molecule has 2 aromatic heterocycles. The number of nitrogens with zero attached hydrogens (tertiary/aromatic N) is 1. The molecule has 0 N–H and O–H groups in total. The molecule has 0 fully saturated rings. The lowest BCUT2D eigenvalue weighted by Crippen LogP contribution is -2.74. The Morgan fingerprint density at radius 3 is 1.41 bits per heavy atom. The second-order valence-electron chi connectivity index (χ2n) is 16.4. The normalized spacial score (nSPS) is 11.8. The summed E-state index contributed by atoms with van der Waals surface area (Å²) < 4.78 is 13.1. The maximum atomic E-state index is 6.64. The molecule has 0 saturated heterocycles. The minimum absolute atomic E-state index is 0.837. The van der Waals surface area contributed by atoms with Gasteiger partial charge in [-0.05, 0) is 91.5 Å². The maximum Gasteiger partial charge on any atom is 0.179 e. The fourth-order valence-electron chi connectivity index (χ4n) is 9.95. The molecule has 0 bridgehead atoms. The molecule has 64 heavy (non-hydrogen) atoms. The summed E-state index contributed by atoms with van der Waals surface area (Å²) in [6, 6.07) is 89.7. The molecular formula is C60H41NO2Si. The molecule has 0 radical (unpaired) electrons. The van der Waals surface area contributed by atoms with Gasteiger partial charge in [-0.25, -0.2) is 0 Å². The summed E-state index contributed by atoms with van der Waals surface area (Å²) in [5.41, 5.74) is 11.0. The fourth-order valence-corrected chi connectivity index (χ4v) is 14.7. The molecular weight excluding hydrogens is 795 g/mol. The van der Waals surface area contributed by atoms with Gasteiger partial charge in [-0.3, -0.25) is 0 Å². The van der Waals surface area contributed by atoms with Crippen LogP contribution in [0.15, 0.2) is 258 Å². The molecule has 12 aromatic rings. The van der Waals surface area contributed by atoms with Crippen molar-refractivity contribution in [1.82, 2.24) is 0 Å². The van der Waals surface area contributed by atoms with Gasteiger partial charge in [0.05, 0.1) is 11.1 Å². The minimum Gasteiger partial charge on any atom is -0.456 e. The van der Waals surface area contributed by atoms with Crippen LogP contribution in [0.3, 0.4) is 0 Å². The summed E-state index contributed by atoms with van der Waals surface area (Å²) in [5, 5.41) is 9.79. The molecule has 0 atom stereocenters. The summed E-state index contributed by atoms with van der Waals surface area (Å²) >= 11 is 0. The van der Waals surface area contributed by atoms with E-state index in [1.165, 1.54) is 20.7 Å². The van der Waals surface area contributed by atoms with Gasteiger partial charge in [-0.15, -0.1) is 0 Å². The molecule has 0 unspecified atom stereocenters. The number of furan rings is 2. The van der Waals surface area contributed by atoms with Crippen LogP contribution >= 0.6 is 0 Å². The van der Waals surface area contributed by atoms with Crippen LogP contribution in [-0.4, -0.2) is 8.07 Å². The molecule has 0 aliphatic heterocycles. The first-order valence-electron chi connectivity index (χ1n) is 21.8. The third-order valence-electron chi connectivity index (χ3n) is 12.8. The molecule has 2 heterocycles. The van der Waals surface area contributed by atoms with Gasteiger partial charge in [0.1, 0.15) is 22.3 Å². The molecule has 0 spiro atoms. The third kappa shape index (κ3) is 6.18. The molecule has 302 valence electrons. The standard InChI is InChI=1S/C60H41NO2Si/c1-5-17-44(18-6-1)51-26-15-29-56-59(51)60-54(27-16-30-57(60)63-56)61(46-37-40-53-52-25-13-14-28-55(52)62-58(53)41-46)45-35-31-42(32-36-45)43-33-38-50(39-34-43)64(47-19-7-2-8-20-47,48-21-9-3-10-22-48)49-23-11-4-12-24-49/h1-41H. The van der Waals surface area contributed by atoms with Gasteiger partial charge >= 0.3 is 0 Å². The zero-order valence-electron chi connectivity index (χ0n) is 34.9. The average molecular weight is 836 g/mol. The smallest absolute Gasteiger partial charge is 0.179 e. The number of hydrogen-bond donors (Lipinski definition) is 0. The highest BCUT2D eigenvalue weighted by molar-refractivity contribution is 7.19. The highest BCUT2D eigenvalue weighted by atomic mass is 28.3. The van der Waals surface area contributed by atoms with E-state index in [0.717, 1.165) is 83.2 Å². The number of fused-ring (bicyclic) bond motifs is 6. The first kappa shape index (κ1) is 37.6. The van der Waals surface area contributed by atoms with Crippen molar-refractivity contribution in [3.8, 4) is 22.3 Å². The molecule has 0 aliphatic rings. The van der Waals surface area contributed by atoms with Crippen molar-refractivity contribution in [3.63, 3.8) is 0 Å². The quantitative estimate of drug-likeness (QED) is 0.107. The van der Waals surface area contributed by atoms with Crippen LogP contribution in [0.5, 0.6) is 0 Å². The Kier molecular flexibility index (Phi) is 9.17. The van der Waals surface area contributed by atoms with Crippen LogP contribution in [0.1, 0.15) is 0 Å². The Labute approximate surface area is 372 Å². The van der Waals surface area contributed by atoms with Crippen molar-refractivity contribution in [3.05, 3.63) is 249 Å². The Morgan fingerprint density at radius 2 is 0.766 bits per heavy atom. The Morgan fingerprint density at radius 1 is 0.297 bits per heavy atom. The van der Waals surface area contributed by atoms with E-state index in [0.29, 0.717) is 0 Å². The van der Waals surface area contributed by atoms with Crippen molar-refractivity contribution >= 4 is 89.8 Å². The Balaban J connectivity index is 1.00. The number of para-hydroxylation sites is 1. The van der Waals surface area contributed by atoms with Gasteiger partial charge in [-0.2, -0.15) is 0 Å². The first-order valence-corrected chi connectivity index (χ1v) is 23.8. The molecule has 10 aromatic carbocycles. The van der Waals surface area contributed by atoms with E-state index in [1.54, 1.807) is 0 Å². The van der Waals surface area contributed by atoms with Gasteiger partial charge < -0.3 is 13.7 Å². The lowest BCUT2D eigenvalue weighted by atomic mass is 9.98. The van der Waals surface area contributed by atoms with Crippen LogP contribution in [0.25, 0.3) is 66.1 Å². The van der Waals surface area contributed by atoms with Crippen molar-refractivity contribution in [1.29, 1.82) is 0 Å². The predicted molar refractivity (Wildman–Crippen MR) is 270 cm³/mol. The molecule has 3 nitrogen and oxygen atoms in total. The Hall–Kier alpha value is -8.18. The van der Waals surface area contributed by atoms with Crippen LogP contribution in [0.4, 0.5) is 17.1 Å². The number of rotatable bonds is 9. The number of anilines is 3. The SMILES string of the molecule is c1ccc(-c2cccc3oc4cccc(N(c5ccc(-c6ccc([Si](c7ccccc7)(c7ccccc7)c7ccccc7)cc6)cc5)c5ccc6c(c5)oc5ccccc56)c4c23)cc1. The zero-order valence-corrected chi connectivity index (χ0v) is 35.9. The fraction of sp³-hybridized carbons (Fsp3) is 0. The van der Waals surface area contributed by atoms with E-state index >= 15 is 0 Å². The summed E-state index contributed by atoms with van der Waals surface area (Å²) in [7, 11) is -2.64. The highest BCUT2D eigenvalue weighted by Crippen LogP contribution is 2.46. The molecule has 0 saturated carbocycles. The largest absolute Gasteiger partial charge is 0.456 e. The highest BCUT2D eigenvalue weighted by Gasteiger charge is 2.41. The topological polar surface area (TPSA) is 29.5 Å². The predicted octanol–water partition coefficient (Wildman–Crippen LogP) is 13.7. The van der Waals surface area contributed by atoms with Gasteiger partial charge in [0.25, 0.3) is 0 Å². The van der Waals surface area contributed by atoms with Crippen LogP contribution in [0.2, 0.25) is 0 Å². The molecule has 0 aliphatic carbocycles. The van der Waals surface area contributed by atoms with Gasteiger partial charge in [0, 0.05) is 33.6 Å². The summed E-state index contributed by atoms with van der Waals surface area (Å²) in [5.74, 6) is 0. The van der Waals surface area contributed by atoms with E-state index in [2.05, 4.69) is 241 Å². The maximum absolute atomic E-state index is 6.64. The van der Waals surface area contributed by atoms with Crippen molar-refractivity contribution in [2.75, 3.05) is 4.90 Å². The van der Waals surface area contributed by atoms with Crippen molar-refractivity contribution in [2.45, 2.75) is 0 Å². The van der Waals surface area contributed by atoms with Crippen molar-refractivity contribution < 1.29 is 8.83 Å². The van der Waals surface area contributed by atoms with E-state index < -0.39 is 8.07 Å². The van der Waals surface area contributed by atoms with E-state index in [4.69, 9.17) is 8.83 Å². The first-order chi connectivity index (χ1) is 31.7. The van der Waals surface area contributed by atoms with E-state index in [1.807, 2.05) is 12.1 Å². The minimum atomic E-state index is -2.64.